The van der Waals surface area contributed by atoms with E-state index in [2.05, 4.69) is 53.7 Å². The van der Waals surface area contributed by atoms with Gasteiger partial charge in [0.1, 0.15) is 0 Å². The van der Waals surface area contributed by atoms with E-state index in [4.69, 9.17) is 0 Å². The summed E-state index contributed by atoms with van der Waals surface area (Å²) in [5, 5.41) is 0. The third kappa shape index (κ3) is 5.18. The van der Waals surface area contributed by atoms with Gasteiger partial charge in [-0.05, 0) is 29.2 Å². The van der Waals surface area contributed by atoms with Crippen LogP contribution in [0.15, 0.2) is 24.3 Å². The smallest absolute Gasteiger partial charge is 0.163 e. The predicted molar refractivity (Wildman–Crippen MR) is 82.6 cm³/mol. The summed E-state index contributed by atoms with van der Waals surface area (Å²) in [6.45, 7) is 13.2. The van der Waals surface area contributed by atoms with Gasteiger partial charge in [-0.15, -0.1) is 0 Å². The van der Waals surface area contributed by atoms with Crippen molar-refractivity contribution in [2.24, 2.45) is 17.3 Å². The first-order chi connectivity index (χ1) is 8.70. The van der Waals surface area contributed by atoms with E-state index in [1.54, 1.807) is 0 Å². The fourth-order valence-corrected chi connectivity index (χ4v) is 2.00. The van der Waals surface area contributed by atoms with Crippen LogP contribution < -0.4 is 0 Å². The number of carbonyl (C=O) groups is 1. The van der Waals surface area contributed by atoms with Crippen molar-refractivity contribution < 1.29 is 4.79 Å². The molecule has 1 rings (SSSR count). The minimum atomic E-state index is 0.188. The van der Waals surface area contributed by atoms with Crippen LogP contribution in [0.4, 0.5) is 0 Å². The molecule has 19 heavy (non-hydrogen) atoms. The van der Waals surface area contributed by atoms with Crippen molar-refractivity contribution in [1.82, 2.24) is 0 Å². The highest BCUT2D eigenvalue weighted by Crippen LogP contribution is 2.29. The van der Waals surface area contributed by atoms with Crippen LogP contribution in [0, 0.1) is 17.3 Å². The molecule has 0 radical (unpaired) electrons. The van der Waals surface area contributed by atoms with Gasteiger partial charge in [0.25, 0.3) is 0 Å². The van der Waals surface area contributed by atoms with E-state index in [9.17, 15) is 4.79 Å². The van der Waals surface area contributed by atoms with Crippen molar-refractivity contribution in [2.45, 2.75) is 54.4 Å². The van der Waals surface area contributed by atoms with Crippen LogP contribution in [0.2, 0.25) is 0 Å². The fourth-order valence-electron chi connectivity index (χ4n) is 2.00. The normalized spacial score (nSPS) is 13.6. The molecule has 1 atom stereocenters. The molecular weight excluding hydrogens is 232 g/mol. The molecule has 1 aromatic carbocycles. The number of hydrogen-bond acceptors (Lipinski definition) is 1. The molecule has 0 fully saturated rings. The van der Waals surface area contributed by atoms with Gasteiger partial charge in [0.15, 0.2) is 5.78 Å². The third-order valence-electron chi connectivity index (χ3n) is 3.89. The molecule has 1 heteroatoms. The SMILES string of the molecule is CC(C)Cc1ccc(C(=O)CC(C)C(C)(C)C)cc1. The standard InChI is InChI=1S/C18H28O/c1-13(2)11-15-7-9-16(10-8-15)17(19)12-14(3)18(4,5)6/h7-10,13-14H,11-12H2,1-6H3. The van der Waals surface area contributed by atoms with Gasteiger partial charge in [0, 0.05) is 12.0 Å². The van der Waals surface area contributed by atoms with E-state index < -0.39 is 0 Å². The van der Waals surface area contributed by atoms with Crippen LogP contribution in [-0.4, -0.2) is 5.78 Å². The lowest BCUT2D eigenvalue weighted by molar-refractivity contribution is 0.0927. The average molecular weight is 260 g/mol. The van der Waals surface area contributed by atoms with Gasteiger partial charge in [0.2, 0.25) is 0 Å². The van der Waals surface area contributed by atoms with Crippen molar-refractivity contribution in [3.8, 4) is 0 Å². The minimum Gasteiger partial charge on any atom is -0.294 e. The lowest BCUT2D eigenvalue weighted by Crippen LogP contribution is -2.20. The first kappa shape index (κ1) is 15.9. The maximum atomic E-state index is 12.2. The predicted octanol–water partition coefficient (Wildman–Crippen LogP) is 5.14. The monoisotopic (exact) mass is 260 g/mol. The van der Waals surface area contributed by atoms with Gasteiger partial charge in [-0.1, -0.05) is 65.8 Å². The van der Waals surface area contributed by atoms with Crippen molar-refractivity contribution >= 4 is 5.78 Å². The van der Waals surface area contributed by atoms with Crippen LogP contribution in [0.3, 0.4) is 0 Å². The molecule has 0 bridgehead atoms. The van der Waals surface area contributed by atoms with E-state index in [0.29, 0.717) is 18.3 Å². The summed E-state index contributed by atoms with van der Waals surface area (Å²) < 4.78 is 0. The Morgan fingerprint density at radius 2 is 1.58 bits per heavy atom. The molecule has 0 spiro atoms. The van der Waals surface area contributed by atoms with Gasteiger partial charge in [-0.3, -0.25) is 4.79 Å². The largest absolute Gasteiger partial charge is 0.294 e. The zero-order chi connectivity index (χ0) is 14.6. The quantitative estimate of drug-likeness (QED) is 0.670. The second-order valence-corrected chi connectivity index (χ2v) is 7.19. The third-order valence-corrected chi connectivity index (χ3v) is 3.89. The summed E-state index contributed by atoms with van der Waals surface area (Å²) in [5.41, 5.74) is 2.35. The van der Waals surface area contributed by atoms with E-state index in [0.717, 1.165) is 12.0 Å². The zero-order valence-corrected chi connectivity index (χ0v) is 13.3. The van der Waals surface area contributed by atoms with Gasteiger partial charge in [0.05, 0.1) is 0 Å². The molecule has 0 heterocycles. The van der Waals surface area contributed by atoms with Crippen LogP contribution in [0.25, 0.3) is 0 Å². The van der Waals surface area contributed by atoms with Crippen LogP contribution in [-0.2, 0) is 6.42 Å². The first-order valence-electron chi connectivity index (χ1n) is 7.32. The van der Waals surface area contributed by atoms with Crippen LogP contribution >= 0.6 is 0 Å². The Labute approximate surface area is 118 Å². The summed E-state index contributed by atoms with van der Waals surface area (Å²) in [6.07, 6.45) is 1.71. The molecule has 106 valence electrons. The van der Waals surface area contributed by atoms with Gasteiger partial charge in [-0.25, -0.2) is 0 Å². The Morgan fingerprint density at radius 3 is 2.00 bits per heavy atom. The maximum Gasteiger partial charge on any atom is 0.163 e. The van der Waals surface area contributed by atoms with E-state index in [1.807, 2.05) is 12.1 Å². The minimum absolute atomic E-state index is 0.188. The molecule has 0 N–H and O–H groups in total. The number of Topliss-reactive ketones (excluding diaryl/α,β-unsaturated/α-hetero) is 1. The van der Waals surface area contributed by atoms with Crippen molar-refractivity contribution in [2.75, 3.05) is 0 Å². The lowest BCUT2D eigenvalue weighted by atomic mass is 9.78. The number of rotatable bonds is 5. The highest BCUT2D eigenvalue weighted by molar-refractivity contribution is 5.96. The Balaban J connectivity index is 2.68. The van der Waals surface area contributed by atoms with Gasteiger partial charge < -0.3 is 0 Å². The summed E-state index contributed by atoms with van der Waals surface area (Å²) in [6, 6.07) is 8.15. The van der Waals surface area contributed by atoms with Crippen LogP contribution in [0.1, 0.15) is 63.9 Å². The summed E-state index contributed by atoms with van der Waals surface area (Å²) in [4.78, 5) is 12.2. The average Bonchev–Trinajstić information content (AvgIpc) is 2.27. The van der Waals surface area contributed by atoms with Crippen LogP contribution in [0.5, 0.6) is 0 Å². The number of benzene rings is 1. The Kier molecular flexibility index (Phi) is 5.34. The molecule has 0 aromatic heterocycles. The first-order valence-corrected chi connectivity index (χ1v) is 7.32. The molecule has 1 unspecified atom stereocenters. The molecular formula is C18H28O. The zero-order valence-electron chi connectivity index (χ0n) is 13.3. The van der Waals surface area contributed by atoms with Crippen molar-refractivity contribution in [3.05, 3.63) is 35.4 Å². The molecule has 0 aliphatic carbocycles. The Bertz CT molecular complexity index is 406. The summed E-state index contributed by atoms with van der Waals surface area (Å²) >= 11 is 0. The van der Waals surface area contributed by atoms with E-state index in [1.165, 1.54) is 5.56 Å². The molecule has 0 aliphatic rings. The summed E-state index contributed by atoms with van der Waals surface area (Å²) in [5.74, 6) is 1.32. The maximum absolute atomic E-state index is 12.2. The van der Waals surface area contributed by atoms with Gasteiger partial charge >= 0.3 is 0 Å². The molecule has 0 amide bonds. The highest BCUT2D eigenvalue weighted by atomic mass is 16.1. The highest BCUT2D eigenvalue weighted by Gasteiger charge is 2.22. The lowest BCUT2D eigenvalue weighted by Gasteiger charge is -2.26. The second kappa shape index (κ2) is 6.36. The molecule has 0 aliphatic heterocycles. The fraction of sp³-hybridized carbons (Fsp3) is 0.611. The molecule has 0 saturated heterocycles. The Morgan fingerprint density at radius 1 is 1.05 bits per heavy atom. The molecule has 0 saturated carbocycles. The number of carbonyl (C=O) groups excluding carboxylic acids is 1. The molecule has 1 nitrogen and oxygen atoms in total. The number of hydrogen-bond donors (Lipinski definition) is 0. The molecule has 1 aromatic rings. The van der Waals surface area contributed by atoms with Gasteiger partial charge in [-0.2, -0.15) is 0 Å². The number of ketones is 1. The van der Waals surface area contributed by atoms with Crippen molar-refractivity contribution in [3.63, 3.8) is 0 Å². The van der Waals surface area contributed by atoms with E-state index >= 15 is 0 Å². The van der Waals surface area contributed by atoms with Crippen molar-refractivity contribution in [1.29, 1.82) is 0 Å². The topological polar surface area (TPSA) is 17.1 Å². The summed E-state index contributed by atoms with van der Waals surface area (Å²) in [7, 11) is 0. The Hall–Kier alpha value is -1.11. The van der Waals surface area contributed by atoms with E-state index in [-0.39, 0.29) is 11.2 Å². The second-order valence-electron chi connectivity index (χ2n) is 7.19.